The van der Waals surface area contributed by atoms with E-state index in [0.29, 0.717) is 5.56 Å². The van der Waals surface area contributed by atoms with Gasteiger partial charge in [0.25, 0.3) is 5.91 Å². The highest BCUT2D eigenvalue weighted by molar-refractivity contribution is 6.09. The maximum absolute atomic E-state index is 14.0. The van der Waals surface area contributed by atoms with Crippen LogP contribution in [0, 0.1) is 11.7 Å². The molecule has 0 saturated heterocycles. The van der Waals surface area contributed by atoms with Crippen LogP contribution >= 0.6 is 0 Å². The van der Waals surface area contributed by atoms with Crippen LogP contribution in [-0.4, -0.2) is 44.8 Å². The third kappa shape index (κ3) is 5.01. The Kier molecular flexibility index (Phi) is 6.83. The first kappa shape index (κ1) is 24.8. The molecule has 2 aliphatic rings. The summed E-state index contributed by atoms with van der Waals surface area (Å²) in [7, 11) is 8.08. The van der Waals surface area contributed by atoms with Gasteiger partial charge in [0.15, 0.2) is 0 Å². The van der Waals surface area contributed by atoms with E-state index >= 15 is 0 Å². The van der Waals surface area contributed by atoms with Crippen LogP contribution in [0.15, 0.2) is 83.5 Å². The largest absolute Gasteiger partial charge is 0.378 e. The summed E-state index contributed by atoms with van der Waals surface area (Å²) >= 11 is 0. The lowest BCUT2D eigenvalue weighted by Crippen LogP contribution is -2.32. The third-order valence-corrected chi connectivity index (χ3v) is 7.28. The van der Waals surface area contributed by atoms with Crippen LogP contribution < -0.4 is 9.80 Å². The quantitative estimate of drug-likeness (QED) is 0.411. The van der Waals surface area contributed by atoms with Crippen molar-refractivity contribution in [3.63, 3.8) is 0 Å². The molecule has 3 aromatic rings. The lowest BCUT2D eigenvalue weighted by Gasteiger charge is -2.30. The second-order valence-corrected chi connectivity index (χ2v) is 10.2. The Morgan fingerprint density at radius 2 is 1.59 bits per heavy atom. The van der Waals surface area contributed by atoms with Gasteiger partial charge in [0.1, 0.15) is 5.82 Å². The Balaban J connectivity index is 1.55. The molecule has 2 unspecified atom stereocenters. The number of fused-ring (bicyclic) bond motifs is 1. The summed E-state index contributed by atoms with van der Waals surface area (Å²) in [6.45, 7) is 0. The number of allylic oxidation sites excluding steroid dienone is 1. The van der Waals surface area contributed by atoms with E-state index in [4.69, 9.17) is 5.10 Å². The number of carbonyl (C=O) groups excluding carboxylic acids is 1. The minimum absolute atomic E-state index is 0.0868. The van der Waals surface area contributed by atoms with Crippen LogP contribution in [-0.2, 0) is 0 Å². The summed E-state index contributed by atoms with van der Waals surface area (Å²) < 4.78 is 14.0. The second kappa shape index (κ2) is 10.2. The molecule has 6 heteroatoms. The molecule has 37 heavy (non-hydrogen) atoms. The van der Waals surface area contributed by atoms with E-state index in [1.54, 1.807) is 17.1 Å². The Hall–Kier alpha value is -3.93. The number of nitrogens with zero attached hydrogens (tertiary/aromatic N) is 4. The fraction of sp³-hybridized carbons (Fsp3) is 0.290. The molecule has 190 valence electrons. The van der Waals surface area contributed by atoms with Gasteiger partial charge in [-0.15, -0.1) is 0 Å². The molecule has 1 aliphatic heterocycles. The maximum Gasteiger partial charge on any atom is 0.274 e. The van der Waals surface area contributed by atoms with E-state index in [1.165, 1.54) is 17.7 Å². The van der Waals surface area contributed by atoms with E-state index in [9.17, 15) is 9.18 Å². The third-order valence-electron chi connectivity index (χ3n) is 7.28. The normalized spacial score (nSPS) is 20.0. The van der Waals surface area contributed by atoms with Crippen molar-refractivity contribution in [2.45, 2.75) is 25.3 Å². The molecule has 1 amide bonds. The molecular weight excluding hydrogens is 463 g/mol. The predicted molar refractivity (Wildman–Crippen MR) is 150 cm³/mol. The van der Waals surface area contributed by atoms with Crippen LogP contribution in [0.1, 0.15) is 46.8 Å². The van der Waals surface area contributed by atoms with Crippen LogP contribution in [0.4, 0.5) is 15.8 Å². The molecule has 5 nitrogen and oxygen atoms in total. The number of amides is 1. The lowest BCUT2D eigenvalue weighted by molar-refractivity contribution is 0.0680. The number of benzene rings is 3. The summed E-state index contributed by atoms with van der Waals surface area (Å²) in [6.07, 6.45) is 5.09. The van der Waals surface area contributed by atoms with E-state index in [2.05, 4.69) is 64.4 Å². The van der Waals surface area contributed by atoms with Gasteiger partial charge in [-0.05, 0) is 84.5 Å². The van der Waals surface area contributed by atoms with Gasteiger partial charge < -0.3 is 9.80 Å². The van der Waals surface area contributed by atoms with E-state index < -0.39 is 5.82 Å². The van der Waals surface area contributed by atoms with Crippen molar-refractivity contribution < 1.29 is 9.18 Å². The molecule has 3 aromatic carbocycles. The molecule has 1 aliphatic carbocycles. The molecule has 0 radical (unpaired) electrons. The average Bonchev–Trinajstić information content (AvgIpc) is 3.29. The highest BCUT2D eigenvalue weighted by atomic mass is 19.1. The highest BCUT2D eigenvalue weighted by Gasteiger charge is 2.44. The number of hydrogen-bond acceptors (Lipinski definition) is 4. The SMILES string of the molecule is CN(C)c1ccc(/C=C2\CCCC3C2=NN(C(=O)c2cccc(F)c2)C3c2ccc(N(C)C)cc2)cc1. The first-order valence-corrected chi connectivity index (χ1v) is 12.7. The van der Waals surface area contributed by atoms with Crippen molar-refractivity contribution in [2.75, 3.05) is 38.0 Å². The maximum atomic E-state index is 14.0. The number of halogens is 1. The summed E-state index contributed by atoms with van der Waals surface area (Å²) in [5, 5.41) is 6.54. The monoisotopic (exact) mass is 496 g/mol. The fourth-order valence-electron chi connectivity index (χ4n) is 5.29. The standard InChI is InChI=1S/C31H33FN4O/c1-34(2)26-15-11-21(12-16-26)19-23-7-6-10-28-29(23)33-36(31(37)24-8-5-9-25(32)20-24)30(28)22-13-17-27(18-14-22)35(3)4/h5,8-9,11-20,28,30H,6-7,10H2,1-4H3/b23-19+. The lowest BCUT2D eigenvalue weighted by atomic mass is 9.77. The Labute approximate surface area is 218 Å². The molecule has 0 bridgehead atoms. The minimum atomic E-state index is -0.427. The number of hydrazone groups is 1. The smallest absolute Gasteiger partial charge is 0.274 e. The summed E-state index contributed by atoms with van der Waals surface area (Å²) in [5.41, 5.74) is 6.84. The Bertz CT molecular complexity index is 1340. The molecular formula is C31H33FN4O. The summed E-state index contributed by atoms with van der Waals surface area (Å²) in [5.74, 6) is -0.620. The first-order valence-electron chi connectivity index (χ1n) is 12.7. The van der Waals surface area contributed by atoms with Gasteiger partial charge in [-0.2, -0.15) is 5.10 Å². The van der Waals surface area contributed by atoms with E-state index in [-0.39, 0.29) is 17.9 Å². The van der Waals surface area contributed by atoms with Gasteiger partial charge in [-0.25, -0.2) is 9.40 Å². The zero-order valence-corrected chi connectivity index (χ0v) is 21.9. The highest BCUT2D eigenvalue weighted by Crippen LogP contribution is 2.45. The van der Waals surface area contributed by atoms with Crippen molar-refractivity contribution >= 4 is 29.1 Å². The summed E-state index contributed by atoms with van der Waals surface area (Å²) in [4.78, 5) is 17.8. The molecule has 0 aromatic heterocycles. The van der Waals surface area contributed by atoms with Crippen LogP contribution in [0.2, 0.25) is 0 Å². The number of rotatable bonds is 5. The summed E-state index contributed by atoms with van der Waals surface area (Å²) in [6, 6.07) is 22.4. The van der Waals surface area contributed by atoms with Crippen molar-refractivity contribution in [3.05, 3.63) is 101 Å². The van der Waals surface area contributed by atoms with Gasteiger partial charge in [0.05, 0.1) is 11.8 Å². The molecule has 2 atom stereocenters. The fourth-order valence-corrected chi connectivity index (χ4v) is 5.29. The Morgan fingerprint density at radius 1 is 0.946 bits per heavy atom. The zero-order chi connectivity index (χ0) is 26.1. The van der Waals surface area contributed by atoms with Crippen LogP contribution in [0.25, 0.3) is 6.08 Å². The van der Waals surface area contributed by atoms with Crippen molar-refractivity contribution in [2.24, 2.45) is 11.0 Å². The molecule has 0 spiro atoms. The van der Waals surface area contributed by atoms with Gasteiger partial charge in [-0.1, -0.05) is 30.3 Å². The van der Waals surface area contributed by atoms with E-state index in [1.807, 2.05) is 28.2 Å². The van der Waals surface area contributed by atoms with Gasteiger partial charge >= 0.3 is 0 Å². The predicted octanol–water partition coefficient (Wildman–Crippen LogP) is 6.39. The molecule has 0 N–H and O–H groups in total. The van der Waals surface area contributed by atoms with Gasteiger partial charge in [-0.3, -0.25) is 4.79 Å². The van der Waals surface area contributed by atoms with Gasteiger partial charge in [0, 0.05) is 51.0 Å². The minimum Gasteiger partial charge on any atom is -0.378 e. The van der Waals surface area contributed by atoms with Crippen LogP contribution in [0.5, 0.6) is 0 Å². The second-order valence-electron chi connectivity index (χ2n) is 10.2. The molecule has 1 saturated carbocycles. The topological polar surface area (TPSA) is 39.1 Å². The first-order chi connectivity index (χ1) is 17.8. The Morgan fingerprint density at radius 3 is 2.22 bits per heavy atom. The van der Waals surface area contributed by atoms with Crippen molar-refractivity contribution in [1.82, 2.24) is 5.01 Å². The average molecular weight is 497 g/mol. The van der Waals surface area contributed by atoms with Crippen LogP contribution in [0.3, 0.4) is 0 Å². The number of anilines is 2. The van der Waals surface area contributed by atoms with Crippen molar-refractivity contribution in [3.8, 4) is 0 Å². The van der Waals surface area contributed by atoms with Crippen molar-refractivity contribution in [1.29, 1.82) is 0 Å². The zero-order valence-electron chi connectivity index (χ0n) is 21.9. The molecule has 5 rings (SSSR count). The van der Waals surface area contributed by atoms with Gasteiger partial charge in [0.2, 0.25) is 0 Å². The number of hydrogen-bond donors (Lipinski definition) is 0. The molecule has 1 heterocycles. The molecule has 1 fully saturated rings. The van der Waals surface area contributed by atoms with E-state index in [0.717, 1.165) is 47.5 Å². The number of carbonyl (C=O) groups is 1.